The Morgan fingerprint density at radius 1 is 1.24 bits per heavy atom. The van der Waals surface area contributed by atoms with E-state index in [1.165, 1.54) is 18.1 Å². The van der Waals surface area contributed by atoms with Crippen molar-refractivity contribution in [1.29, 1.82) is 0 Å². The van der Waals surface area contributed by atoms with Crippen molar-refractivity contribution in [3.8, 4) is 0 Å². The van der Waals surface area contributed by atoms with E-state index in [0.29, 0.717) is 0 Å². The quantitative estimate of drug-likeness (QED) is 0.666. The normalized spacial score (nSPS) is 10.6. The van der Waals surface area contributed by atoms with Gasteiger partial charge in [0, 0.05) is 11.4 Å². The SMILES string of the molecule is CC(C)NC(=O)NC(=O)CSc1ncnc2ccccc12. The van der Waals surface area contributed by atoms with Gasteiger partial charge in [-0.15, -0.1) is 0 Å². The first-order valence-electron chi connectivity index (χ1n) is 6.49. The van der Waals surface area contributed by atoms with E-state index in [4.69, 9.17) is 0 Å². The minimum atomic E-state index is -0.483. The van der Waals surface area contributed by atoms with Crippen LogP contribution in [0.3, 0.4) is 0 Å². The Labute approximate surface area is 126 Å². The number of nitrogens with zero attached hydrogens (tertiary/aromatic N) is 2. The van der Waals surface area contributed by atoms with Crippen molar-refractivity contribution >= 4 is 34.6 Å². The number of aromatic nitrogens is 2. The predicted octanol–water partition coefficient (Wildman–Crippen LogP) is 1.96. The first kappa shape index (κ1) is 15.2. The summed E-state index contributed by atoms with van der Waals surface area (Å²) in [4.78, 5) is 31.5. The lowest BCUT2D eigenvalue weighted by molar-refractivity contribution is -0.117. The highest BCUT2D eigenvalue weighted by Gasteiger charge is 2.11. The predicted molar refractivity (Wildman–Crippen MR) is 82.1 cm³/mol. The molecule has 1 heterocycles. The van der Waals surface area contributed by atoms with E-state index in [0.717, 1.165) is 15.9 Å². The second-order valence-electron chi connectivity index (χ2n) is 4.66. The fourth-order valence-corrected chi connectivity index (χ4v) is 2.48. The molecular formula is C14H16N4O2S. The van der Waals surface area contributed by atoms with E-state index in [1.807, 2.05) is 38.1 Å². The highest BCUT2D eigenvalue weighted by Crippen LogP contribution is 2.23. The number of thioether (sulfide) groups is 1. The Hall–Kier alpha value is -2.15. The monoisotopic (exact) mass is 304 g/mol. The molecule has 7 heteroatoms. The molecule has 110 valence electrons. The highest BCUT2D eigenvalue weighted by molar-refractivity contribution is 8.00. The maximum Gasteiger partial charge on any atom is 0.321 e. The van der Waals surface area contributed by atoms with Gasteiger partial charge in [0.2, 0.25) is 5.91 Å². The summed E-state index contributed by atoms with van der Waals surface area (Å²) in [7, 11) is 0. The first-order valence-corrected chi connectivity index (χ1v) is 7.47. The molecule has 0 radical (unpaired) electrons. The summed E-state index contributed by atoms with van der Waals surface area (Å²) in [5.41, 5.74) is 0.827. The summed E-state index contributed by atoms with van der Waals surface area (Å²) in [6, 6.07) is 7.08. The molecule has 0 atom stereocenters. The number of hydrogen-bond donors (Lipinski definition) is 2. The average Bonchev–Trinajstić information content (AvgIpc) is 2.44. The van der Waals surface area contributed by atoms with Gasteiger partial charge in [-0.3, -0.25) is 10.1 Å². The van der Waals surface area contributed by atoms with Crippen LogP contribution in [0.5, 0.6) is 0 Å². The molecule has 2 N–H and O–H groups in total. The Morgan fingerprint density at radius 2 is 2.00 bits per heavy atom. The number of fused-ring (bicyclic) bond motifs is 1. The Balaban J connectivity index is 1.96. The molecule has 3 amide bonds. The number of benzene rings is 1. The van der Waals surface area contributed by atoms with E-state index < -0.39 is 6.03 Å². The molecule has 2 rings (SSSR count). The number of amides is 3. The average molecular weight is 304 g/mol. The van der Waals surface area contributed by atoms with E-state index >= 15 is 0 Å². The third kappa shape index (κ3) is 4.42. The van der Waals surface area contributed by atoms with Crippen LogP contribution in [0.1, 0.15) is 13.8 Å². The Bertz CT molecular complexity index is 655. The standard InChI is InChI=1S/C14H16N4O2S/c1-9(2)17-14(20)18-12(19)7-21-13-10-5-3-4-6-11(10)15-8-16-13/h3-6,8-9H,7H2,1-2H3,(H2,17,18,19,20). The zero-order valence-corrected chi connectivity index (χ0v) is 12.6. The van der Waals surface area contributed by atoms with Crippen molar-refractivity contribution in [3.05, 3.63) is 30.6 Å². The Morgan fingerprint density at radius 3 is 2.76 bits per heavy atom. The van der Waals surface area contributed by atoms with Gasteiger partial charge in [-0.2, -0.15) is 0 Å². The number of urea groups is 1. The van der Waals surface area contributed by atoms with Crippen LogP contribution < -0.4 is 10.6 Å². The van der Waals surface area contributed by atoms with Gasteiger partial charge in [0.15, 0.2) is 0 Å². The molecule has 0 saturated heterocycles. The van der Waals surface area contributed by atoms with Crippen LogP contribution in [0.25, 0.3) is 10.9 Å². The largest absolute Gasteiger partial charge is 0.336 e. The van der Waals surface area contributed by atoms with Gasteiger partial charge in [-0.25, -0.2) is 14.8 Å². The molecule has 0 aliphatic rings. The third-order valence-corrected chi connectivity index (χ3v) is 3.52. The second kappa shape index (κ2) is 7.03. The van der Waals surface area contributed by atoms with Crippen molar-refractivity contribution in [2.75, 3.05) is 5.75 Å². The highest BCUT2D eigenvalue weighted by atomic mass is 32.2. The van der Waals surface area contributed by atoms with Crippen LogP contribution in [0, 0.1) is 0 Å². The number of carbonyl (C=O) groups is 2. The van der Waals surface area contributed by atoms with Crippen LogP contribution >= 0.6 is 11.8 Å². The van der Waals surface area contributed by atoms with E-state index in [2.05, 4.69) is 20.6 Å². The molecule has 0 spiro atoms. The molecule has 0 aliphatic heterocycles. The van der Waals surface area contributed by atoms with Gasteiger partial charge in [-0.05, 0) is 19.9 Å². The van der Waals surface area contributed by atoms with Gasteiger partial charge >= 0.3 is 6.03 Å². The number of hydrogen-bond acceptors (Lipinski definition) is 5. The lowest BCUT2D eigenvalue weighted by Crippen LogP contribution is -2.43. The maximum atomic E-state index is 11.7. The van der Waals surface area contributed by atoms with Gasteiger partial charge in [0.05, 0.1) is 11.3 Å². The van der Waals surface area contributed by atoms with E-state index in [-0.39, 0.29) is 17.7 Å². The topological polar surface area (TPSA) is 84.0 Å². The third-order valence-electron chi connectivity index (χ3n) is 2.52. The van der Waals surface area contributed by atoms with Crippen molar-refractivity contribution in [3.63, 3.8) is 0 Å². The second-order valence-corrected chi connectivity index (χ2v) is 5.63. The minimum Gasteiger partial charge on any atom is -0.336 e. The number of imide groups is 1. The lowest BCUT2D eigenvalue weighted by atomic mass is 10.2. The van der Waals surface area contributed by atoms with Crippen LogP contribution in [-0.2, 0) is 4.79 Å². The number of para-hydroxylation sites is 1. The lowest BCUT2D eigenvalue weighted by Gasteiger charge is -2.09. The molecular weight excluding hydrogens is 288 g/mol. The molecule has 1 aromatic heterocycles. The van der Waals surface area contributed by atoms with Crippen molar-refractivity contribution in [2.24, 2.45) is 0 Å². The van der Waals surface area contributed by atoms with Crippen LogP contribution in [0.4, 0.5) is 4.79 Å². The molecule has 0 fully saturated rings. The van der Waals surface area contributed by atoms with Crippen molar-refractivity contribution in [1.82, 2.24) is 20.6 Å². The molecule has 0 bridgehead atoms. The minimum absolute atomic E-state index is 0.0174. The number of carbonyl (C=O) groups excluding carboxylic acids is 2. The van der Waals surface area contributed by atoms with Crippen molar-refractivity contribution in [2.45, 2.75) is 24.9 Å². The first-order chi connectivity index (χ1) is 10.1. The van der Waals surface area contributed by atoms with Gasteiger partial charge in [-0.1, -0.05) is 30.0 Å². The molecule has 0 saturated carbocycles. The summed E-state index contributed by atoms with van der Waals surface area (Å²) in [6.07, 6.45) is 1.47. The maximum absolute atomic E-state index is 11.7. The number of rotatable bonds is 4. The summed E-state index contributed by atoms with van der Waals surface area (Å²) < 4.78 is 0. The molecule has 1 aromatic carbocycles. The summed E-state index contributed by atoms with van der Waals surface area (Å²) in [5, 5.41) is 6.49. The fraction of sp³-hybridized carbons (Fsp3) is 0.286. The summed E-state index contributed by atoms with van der Waals surface area (Å²) >= 11 is 1.28. The molecule has 0 unspecified atom stereocenters. The van der Waals surface area contributed by atoms with Gasteiger partial charge in [0.1, 0.15) is 11.4 Å². The smallest absolute Gasteiger partial charge is 0.321 e. The van der Waals surface area contributed by atoms with Gasteiger partial charge < -0.3 is 5.32 Å². The van der Waals surface area contributed by atoms with E-state index in [1.54, 1.807) is 0 Å². The molecule has 0 aliphatic carbocycles. The van der Waals surface area contributed by atoms with Crippen molar-refractivity contribution < 1.29 is 9.59 Å². The zero-order valence-electron chi connectivity index (χ0n) is 11.8. The summed E-state index contributed by atoms with van der Waals surface area (Å²) in [6.45, 7) is 3.65. The van der Waals surface area contributed by atoms with Crippen LogP contribution in [0.2, 0.25) is 0 Å². The molecule has 21 heavy (non-hydrogen) atoms. The van der Waals surface area contributed by atoms with Crippen LogP contribution in [0.15, 0.2) is 35.6 Å². The Kier molecular flexibility index (Phi) is 5.10. The van der Waals surface area contributed by atoms with E-state index in [9.17, 15) is 9.59 Å². The number of nitrogens with one attached hydrogen (secondary N) is 2. The van der Waals surface area contributed by atoms with Crippen LogP contribution in [-0.4, -0.2) is 33.7 Å². The molecule has 6 nitrogen and oxygen atoms in total. The summed E-state index contributed by atoms with van der Waals surface area (Å²) in [5.74, 6) is -0.243. The molecule has 2 aromatic rings. The van der Waals surface area contributed by atoms with Gasteiger partial charge in [0.25, 0.3) is 0 Å². The fourth-order valence-electron chi connectivity index (χ4n) is 1.69. The zero-order chi connectivity index (χ0) is 15.2.